The first-order valence-corrected chi connectivity index (χ1v) is 9.85. The van der Waals surface area contributed by atoms with Crippen molar-refractivity contribution in [2.45, 2.75) is 4.90 Å². The van der Waals surface area contributed by atoms with Crippen LogP contribution in [0, 0.1) is 0 Å². The molecule has 1 heterocycles. The summed E-state index contributed by atoms with van der Waals surface area (Å²) >= 11 is 5.87. The number of sulfonamides is 1. The van der Waals surface area contributed by atoms with Crippen LogP contribution in [-0.2, 0) is 10.0 Å². The van der Waals surface area contributed by atoms with Gasteiger partial charge in [0.15, 0.2) is 0 Å². The first-order valence-electron chi connectivity index (χ1n) is 7.98. The molecule has 0 fully saturated rings. The molecule has 0 aliphatic carbocycles. The van der Waals surface area contributed by atoms with Gasteiger partial charge in [-0.2, -0.15) is 9.97 Å². The Labute approximate surface area is 170 Å². The largest absolute Gasteiger partial charge is 0.467 e. The smallest absolute Gasteiger partial charge is 0.335 e. The zero-order chi connectivity index (χ0) is 20.9. The second kappa shape index (κ2) is 8.71. The standard InChI is InChI=1S/C17H14ClN5O5S/c1-27-16-20-14(21-17(22-16)28-11-7-3-2-4-8-11)19-15(24)23-29(25,26)13-10-6-5-9-12(13)18/h2-10H,1H3,(H2,19,20,21,22,23,24). The summed E-state index contributed by atoms with van der Waals surface area (Å²) in [5.41, 5.74) is 0. The number of aromatic nitrogens is 3. The van der Waals surface area contributed by atoms with Crippen LogP contribution >= 0.6 is 11.6 Å². The van der Waals surface area contributed by atoms with Gasteiger partial charge in [-0.15, -0.1) is 4.98 Å². The number of hydrogen-bond acceptors (Lipinski definition) is 8. The zero-order valence-corrected chi connectivity index (χ0v) is 16.4. The molecule has 10 nitrogen and oxygen atoms in total. The number of amides is 2. The fraction of sp³-hybridized carbons (Fsp3) is 0.0588. The van der Waals surface area contributed by atoms with Gasteiger partial charge in [-0.25, -0.2) is 17.9 Å². The van der Waals surface area contributed by atoms with Crippen molar-refractivity contribution in [3.05, 3.63) is 59.6 Å². The summed E-state index contributed by atoms with van der Waals surface area (Å²) in [4.78, 5) is 23.6. The Morgan fingerprint density at radius 3 is 2.31 bits per heavy atom. The maximum Gasteiger partial charge on any atom is 0.335 e. The maximum atomic E-state index is 12.3. The first-order chi connectivity index (χ1) is 13.9. The molecular formula is C17H14ClN5O5S. The molecule has 0 saturated heterocycles. The van der Waals surface area contributed by atoms with Crippen LogP contribution < -0.4 is 19.5 Å². The number of methoxy groups -OCH3 is 1. The molecule has 29 heavy (non-hydrogen) atoms. The lowest BCUT2D eigenvalue weighted by atomic mass is 10.3. The van der Waals surface area contributed by atoms with Gasteiger partial charge < -0.3 is 9.47 Å². The predicted molar refractivity (Wildman–Crippen MR) is 104 cm³/mol. The summed E-state index contributed by atoms with van der Waals surface area (Å²) in [5.74, 6) is 0.159. The summed E-state index contributed by atoms with van der Waals surface area (Å²) in [6, 6.07) is 12.9. The highest BCUT2D eigenvalue weighted by Gasteiger charge is 2.21. The third-order valence-corrected chi connectivity index (χ3v) is 5.14. The van der Waals surface area contributed by atoms with E-state index in [4.69, 9.17) is 21.1 Å². The molecule has 150 valence electrons. The lowest BCUT2D eigenvalue weighted by Crippen LogP contribution is -2.35. The summed E-state index contributed by atoms with van der Waals surface area (Å²) in [6.45, 7) is 0. The van der Waals surface area contributed by atoms with Gasteiger partial charge in [0.05, 0.1) is 12.1 Å². The van der Waals surface area contributed by atoms with Gasteiger partial charge in [0.2, 0.25) is 5.95 Å². The minimum absolute atomic E-state index is 0.0341. The Balaban J connectivity index is 1.77. The van der Waals surface area contributed by atoms with Crippen molar-refractivity contribution in [2.24, 2.45) is 0 Å². The fourth-order valence-corrected chi connectivity index (χ4v) is 3.52. The number of nitrogens with one attached hydrogen (secondary N) is 2. The van der Waals surface area contributed by atoms with Crippen LogP contribution in [0.15, 0.2) is 59.5 Å². The molecular weight excluding hydrogens is 422 g/mol. The number of anilines is 1. The van der Waals surface area contributed by atoms with E-state index in [2.05, 4.69) is 20.3 Å². The van der Waals surface area contributed by atoms with E-state index in [1.54, 1.807) is 36.4 Å². The third kappa shape index (κ3) is 5.30. The van der Waals surface area contributed by atoms with E-state index in [-0.39, 0.29) is 27.9 Å². The summed E-state index contributed by atoms with van der Waals surface area (Å²) in [6.07, 6.45) is 0. The average molecular weight is 436 g/mol. The second-order valence-electron chi connectivity index (χ2n) is 5.33. The minimum atomic E-state index is -4.21. The SMILES string of the molecule is COc1nc(NC(=O)NS(=O)(=O)c2ccccc2Cl)nc(Oc2ccccc2)n1. The van der Waals surface area contributed by atoms with E-state index < -0.39 is 16.1 Å². The summed E-state index contributed by atoms with van der Waals surface area (Å²) in [7, 11) is -2.90. The molecule has 0 bridgehead atoms. The van der Waals surface area contributed by atoms with Crippen LogP contribution in [0.3, 0.4) is 0 Å². The number of hydrogen-bond donors (Lipinski definition) is 2. The predicted octanol–water partition coefficient (Wildman–Crippen LogP) is 2.84. The van der Waals surface area contributed by atoms with Crippen LogP contribution in [0.1, 0.15) is 0 Å². The number of benzene rings is 2. The average Bonchev–Trinajstić information content (AvgIpc) is 2.68. The second-order valence-corrected chi connectivity index (χ2v) is 7.39. The van der Waals surface area contributed by atoms with Crippen molar-refractivity contribution in [3.63, 3.8) is 0 Å². The van der Waals surface area contributed by atoms with Crippen LogP contribution in [0.2, 0.25) is 5.02 Å². The minimum Gasteiger partial charge on any atom is -0.467 e. The van der Waals surface area contributed by atoms with E-state index in [0.29, 0.717) is 5.75 Å². The monoisotopic (exact) mass is 435 g/mol. The van der Waals surface area contributed by atoms with Crippen molar-refractivity contribution in [1.29, 1.82) is 0 Å². The van der Waals surface area contributed by atoms with E-state index in [0.717, 1.165) is 0 Å². The molecule has 0 spiro atoms. The number of nitrogens with zero attached hydrogens (tertiary/aromatic N) is 3. The van der Waals surface area contributed by atoms with Crippen molar-refractivity contribution < 1.29 is 22.7 Å². The lowest BCUT2D eigenvalue weighted by molar-refractivity contribution is 0.256. The van der Waals surface area contributed by atoms with Gasteiger partial charge >= 0.3 is 18.1 Å². The molecule has 3 rings (SSSR count). The summed E-state index contributed by atoms with van der Waals surface area (Å²) < 4.78 is 36.9. The third-order valence-electron chi connectivity index (χ3n) is 3.31. The molecule has 12 heteroatoms. The molecule has 0 aliphatic heterocycles. The molecule has 2 N–H and O–H groups in total. The van der Waals surface area contributed by atoms with Crippen LogP contribution in [0.5, 0.6) is 17.8 Å². The fourth-order valence-electron chi connectivity index (χ4n) is 2.09. The molecule has 0 radical (unpaired) electrons. The molecule has 0 aliphatic rings. The van der Waals surface area contributed by atoms with Crippen molar-refractivity contribution in [2.75, 3.05) is 12.4 Å². The number of ether oxygens (including phenoxy) is 2. The highest BCUT2D eigenvalue weighted by Crippen LogP contribution is 2.21. The number of rotatable bonds is 6. The molecule has 0 unspecified atom stereocenters. The quantitative estimate of drug-likeness (QED) is 0.603. The molecule has 0 atom stereocenters. The Morgan fingerprint density at radius 1 is 0.966 bits per heavy atom. The Hall–Kier alpha value is -3.44. The van der Waals surface area contributed by atoms with Gasteiger partial charge in [-0.05, 0) is 24.3 Å². The number of para-hydroxylation sites is 1. The number of halogens is 1. The number of urea groups is 1. The highest BCUT2D eigenvalue weighted by atomic mass is 35.5. The Morgan fingerprint density at radius 2 is 1.62 bits per heavy atom. The van der Waals surface area contributed by atoms with E-state index in [1.807, 2.05) is 4.72 Å². The van der Waals surface area contributed by atoms with Crippen molar-refractivity contribution in [3.8, 4) is 17.8 Å². The highest BCUT2D eigenvalue weighted by molar-refractivity contribution is 7.90. The molecule has 2 amide bonds. The normalized spacial score (nSPS) is 10.8. The Kier molecular flexibility index (Phi) is 6.10. The molecule has 3 aromatic rings. The van der Waals surface area contributed by atoms with Crippen molar-refractivity contribution in [1.82, 2.24) is 19.7 Å². The molecule has 2 aromatic carbocycles. The van der Waals surface area contributed by atoms with E-state index in [1.165, 1.54) is 25.3 Å². The first kappa shape index (κ1) is 20.3. The van der Waals surface area contributed by atoms with E-state index in [9.17, 15) is 13.2 Å². The van der Waals surface area contributed by atoms with Gasteiger partial charge in [-0.3, -0.25) is 5.32 Å². The summed E-state index contributed by atoms with van der Waals surface area (Å²) in [5, 5.41) is 2.16. The Bertz CT molecular complexity index is 1130. The molecule has 1 aromatic heterocycles. The van der Waals surface area contributed by atoms with Crippen molar-refractivity contribution >= 4 is 33.6 Å². The van der Waals surface area contributed by atoms with Crippen LogP contribution in [0.4, 0.5) is 10.7 Å². The number of carbonyl (C=O) groups excluding carboxylic acids is 1. The van der Waals surface area contributed by atoms with Gasteiger partial charge in [-0.1, -0.05) is 41.9 Å². The van der Waals surface area contributed by atoms with Crippen LogP contribution in [0.25, 0.3) is 0 Å². The van der Waals surface area contributed by atoms with Gasteiger partial charge in [0.1, 0.15) is 10.6 Å². The number of carbonyl (C=O) groups is 1. The van der Waals surface area contributed by atoms with E-state index >= 15 is 0 Å². The van der Waals surface area contributed by atoms with Gasteiger partial charge in [0.25, 0.3) is 10.0 Å². The topological polar surface area (TPSA) is 132 Å². The lowest BCUT2D eigenvalue weighted by Gasteiger charge is -2.10. The van der Waals surface area contributed by atoms with Crippen LogP contribution in [-0.4, -0.2) is 36.5 Å². The maximum absolute atomic E-state index is 12.3. The zero-order valence-electron chi connectivity index (χ0n) is 14.9. The van der Waals surface area contributed by atoms with Gasteiger partial charge in [0, 0.05) is 0 Å². The molecule has 0 saturated carbocycles.